The Morgan fingerprint density at radius 3 is 3.00 bits per heavy atom. The number of rotatable bonds is 6. The molecule has 0 N–H and O–H groups in total. The fourth-order valence-corrected chi connectivity index (χ4v) is 2.92. The smallest absolute Gasteiger partial charge is 0.234 e. The molecule has 1 rings (SSSR count). The van der Waals surface area contributed by atoms with Crippen LogP contribution in [0.2, 0.25) is 0 Å². The van der Waals surface area contributed by atoms with E-state index < -0.39 is 10.8 Å². The lowest BCUT2D eigenvalue weighted by molar-refractivity contribution is -0.127. The highest BCUT2D eigenvalue weighted by Gasteiger charge is 2.20. The molecule has 1 aliphatic heterocycles. The van der Waals surface area contributed by atoms with Gasteiger partial charge in [-0.3, -0.25) is 9.00 Å². The largest absolute Gasteiger partial charge is 0.377 e. The molecule has 6 heteroatoms. The normalized spacial score (nSPS) is 20.8. The molecule has 1 aliphatic rings. The SMILES string of the molecule is CN(CCC#N)C(=O)CS(=O)CC1CCCO1. The van der Waals surface area contributed by atoms with Crippen LogP contribution in [0.3, 0.4) is 0 Å². The Bertz CT molecular complexity index is 321. The number of amides is 1. The Kier molecular flexibility index (Phi) is 6.16. The van der Waals surface area contributed by atoms with E-state index in [1.54, 1.807) is 7.05 Å². The molecule has 0 aromatic rings. The van der Waals surface area contributed by atoms with E-state index in [0.29, 0.717) is 18.7 Å². The predicted molar refractivity (Wildman–Crippen MR) is 64.7 cm³/mol. The molecule has 0 aromatic heterocycles. The van der Waals surface area contributed by atoms with Gasteiger partial charge in [0.1, 0.15) is 5.75 Å². The molecule has 0 saturated carbocycles. The molecular formula is C11H18N2O3S. The summed E-state index contributed by atoms with van der Waals surface area (Å²) in [7, 11) is 0.463. The van der Waals surface area contributed by atoms with Crippen molar-refractivity contribution in [2.75, 3.05) is 31.7 Å². The second kappa shape index (κ2) is 7.41. The third-order valence-corrected chi connectivity index (χ3v) is 3.98. The molecule has 1 heterocycles. The maximum absolute atomic E-state index is 11.7. The second-order valence-corrected chi connectivity index (χ2v) is 5.61. The molecule has 2 unspecified atom stereocenters. The van der Waals surface area contributed by atoms with E-state index in [1.165, 1.54) is 4.90 Å². The van der Waals surface area contributed by atoms with Gasteiger partial charge in [-0.2, -0.15) is 5.26 Å². The number of hydrogen-bond donors (Lipinski definition) is 0. The van der Waals surface area contributed by atoms with Gasteiger partial charge < -0.3 is 9.64 Å². The van der Waals surface area contributed by atoms with Gasteiger partial charge in [-0.05, 0) is 12.8 Å². The lowest BCUT2D eigenvalue weighted by Crippen LogP contribution is -2.33. The topological polar surface area (TPSA) is 70.4 Å². The van der Waals surface area contributed by atoms with E-state index in [0.717, 1.165) is 19.4 Å². The summed E-state index contributed by atoms with van der Waals surface area (Å²) in [6.45, 7) is 1.13. The van der Waals surface area contributed by atoms with Crippen molar-refractivity contribution in [2.45, 2.75) is 25.4 Å². The molecule has 1 fully saturated rings. The van der Waals surface area contributed by atoms with E-state index >= 15 is 0 Å². The van der Waals surface area contributed by atoms with Gasteiger partial charge in [-0.15, -0.1) is 0 Å². The van der Waals surface area contributed by atoms with Crippen molar-refractivity contribution in [3.05, 3.63) is 0 Å². The molecule has 2 atom stereocenters. The van der Waals surface area contributed by atoms with Crippen molar-refractivity contribution in [1.82, 2.24) is 4.90 Å². The Morgan fingerprint density at radius 1 is 1.65 bits per heavy atom. The average molecular weight is 258 g/mol. The molecule has 0 bridgehead atoms. The highest BCUT2D eigenvalue weighted by molar-refractivity contribution is 7.85. The number of carbonyl (C=O) groups is 1. The Balaban J connectivity index is 2.25. The third-order valence-electron chi connectivity index (χ3n) is 2.67. The minimum absolute atomic E-state index is 0.0296. The van der Waals surface area contributed by atoms with Gasteiger partial charge in [0.2, 0.25) is 5.91 Å². The first-order valence-electron chi connectivity index (χ1n) is 5.71. The summed E-state index contributed by atoms with van der Waals surface area (Å²) in [6, 6.07) is 1.98. The summed E-state index contributed by atoms with van der Waals surface area (Å²) in [6.07, 6.45) is 2.30. The van der Waals surface area contributed by atoms with Gasteiger partial charge in [-0.1, -0.05) is 0 Å². The predicted octanol–water partition coefficient (Wildman–Crippen LogP) is 0.286. The Morgan fingerprint density at radius 2 is 2.41 bits per heavy atom. The molecule has 1 amide bonds. The Labute approximate surface area is 104 Å². The van der Waals surface area contributed by atoms with Crippen LogP contribution in [0.5, 0.6) is 0 Å². The second-order valence-electron chi connectivity index (χ2n) is 4.11. The number of nitriles is 1. The van der Waals surface area contributed by atoms with Gasteiger partial charge in [0.05, 0.1) is 24.3 Å². The molecule has 0 aromatic carbocycles. The number of carbonyl (C=O) groups excluding carboxylic acids is 1. The Hall–Kier alpha value is -0.930. The van der Waals surface area contributed by atoms with Gasteiger partial charge in [0, 0.05) is 31.0 Å². The van der Waals surface area contributed by atoms with Crippen LogP contribution in [0.4, 0.5) is 0 Å². The van der Waals surface area contributed by atoms with Crippen LogP contribution in [-0.4, -0.2) is 52.8 Å². The lowest BCUT2D eigenvalue weighted by atomic mass is 10.3. The zero-order valence-corrected chi connectivity index (χ0v) is 10.9. The fourth-order valence-electron chi connectivity index (χ4n) is 1.63. The van der Waals surface area contributed by atoms with Crippen LogP contribution in [0.1, 0.15) is 19.3 Å². The molecule has 1 saturated heterocycles. The molecule has 17 heavy (non-hydrogen) atoms. The van der Waals surface area contributed by atoms with E-state index in [2.05, 4.69) is 0 Å². The maximum atomic E-state index is 11.7. The molecule has 0 spiro atoms. The summed E-state index contributed by atoms with van der Waals surface area (Å²) >= 11 is 0. The number of ether oxygens (including phenoxy) is 1. The summed E-state index contributed by atoms with van der Waals surface area (Å²) in [5, 5.41) is 8.40. The summed E-state index contributed by atoms with van der Waals surface area (Å²) in [5.41, 5.74) is 0. The van der Waals surface area contributed by atoms with Crippen LogP contribution in [0.15, 0.2) is 0 Å². The fraction of sp³-hybridized carbons (Fsp3) is 0.818. The highest BCUT2D eigenvalue weighted by Crippen LogP contribution is 2.13. The van der Waals surface area contributed by atoms with Crippen molar-refractivity contribution >= 4 is 16.7 Å². The van der Waals surface area contributed by atoms with Crippen molar-refractivity contribution in [1.29, 1.82) is 5.26 Å². The summed E-state index contributed by atoms with van der Waals surface area (Å²) in [4.78, 5) is 13.1. The van der Waals surface area contributed by atoms with Gasteiger partial charge in [0.25, 0.3) is 0 Å². The first kappa shape index (κ1) is 14.1. The van der Waals surface area contributed by atoms with E-state index in [9.17, 15) is 9.00 Å². The maximum Gasteiger partial charge on any atom is 0.234 e. The molecule has 0 aliphatic carbocycles. The monoisotopic (exact) mass is 258 g/mol. The molecule has 5 nitrogen and oxygen atoms in total. The van der Waals surface area contributed by atoms with Crippen LogP contribution in [0, 0.1) is 11.3 Å². The minimum atomic E-state index is -1.17. The molecule has 0 radical (unpaired) electrons. The molecular weight excluding hydrogens is 240 g/mol. The quantitative estimate of drug-likeness (QED) is 0.686. The van der Waals surface area contributed by atoms with Crippen LogP contribution in [0.25, 0.3) is 0 Å². The van der Waals surface area contributed by atoms with Gasteiger partial charge in [-0.25, -0.2) is 0 Å². The van der Waals surface area contributed by atoms with Gasteiger partial charge in [0.15, 0.2) is 0 Å². The third kappa shape index (κ3) is 5.29. The van der Waals surface area contributed by atoms with Crippen LogP contribution >= 0.6 is 0 Å². The zero-order valence-electron chi connectivity index (χ0n) is 10.1. The average Bonchev–Trinajstić information content (AvgIpc) is 2.78. The minimum Gasteiger partial charge on any atom is -0.377 e. The van der Waals surface area contributed by atoms with E-state index in [4.69, 9.17) is 10.00 Å². The van der Waals surface area contributed by atoms with Crippen molar-refractivity contribution in [2.24, 2.45) is 0 Å². The van der Waals surface area contributed by atoms with Gasteiger partial charge >= 0.3 is 0 Å². The number of hydrogen-bond acceptors (Lipinski definition) is 4. The highest BCUT2D eigenvalue weighted by atomic mass is 32.2. The first-order chi connectivity index (χ1) is 8.13. The van der Waals surface area contributed by atoms with Crippen LogP contribution in [-0.2, 0) is 20.3 Å². The molecule has 96 valence electrons. The number of nitrogens with zero attached hydrogens (tertiary/aromatic N) is 2. The first-order valence-corrected chi connectivity index (χ1v) is 7.19. The van der Waals surface area contributed by atoms with Crippen molar-refractivity contribution in [3.63, 3.8) is 0 Å². The van der Waals surface area contributed by atoms with Crippen molar-refractivity contribution < 1.29 is 13.7 Å². The van der Waals surface area contributed by atoms with Crippen LogP contribution < -0.4 is 0 Å². The standard InChI is InChI=1S/C11H18N2O3S/c1-13(6-3-5-12)11(14)9-17(15)8-10-4-2-7-16-10/h10H,2-4,6-9H2,1H3. The zero-order chi connectivity index (χ0) is 12.7. The lowest BCUT2D eigenvalue weighted by Gasteiger charge is -2.15. The van der Waals surface area contributed by atoms with E-state index in [1.807, 2.05) is 6.07 Å². The van der Waals surface area contributed by atoms with E-state index in [-0.39, 0.29) is 17.8 Å². The summed E-state index contributed by atoms with van der Waals surface area (Å²) < 4.78 is 17.1. The van der Waals surface area contributed by atoms with Crippen molar-refractivity contribution in [3.8, 4) is 6.07 Å². The summed E-state index contributed by atoms with van der Waals surface area (Å²) in [5.74, 6) is 0.302.